The predicted molar refractivity (Wildman–Crippen MR) is 98.7 cm³/mol. The van der Waals surface area contributed by atoms with Crippen molar-refractivity contribution in [1.82, 2.24) is 0 Å². The highest BCUT2D eigenvalue weighted by atomic mass is 16.6. The summed E-state index contributed by atoms with van der Waals surface area (Å²) in [6.45, 7) is 5.11. The first-order valence-electron chi connectivity index (χ1n) is 8.69. The minimum Gasteiger partial charge on any atom is -0.493 e. The molecule has 2 aromatic carbocycles. The Morgan fingerprint density at radius 1 is 1.00 bits per heavy atom. The predicted octanol–water partition coefficient (Wildman–Crippen LogP) is 3.57. The summed E-state index contributed by atoms with van der Waals surface area (Å²) < 4.78 is 21.7. The van der Waals surface area contributed by atoms with Gasteiger partial charge in [0.05, 0.1) is 13.7 Å². The van der Waals surface area contributed by atoms with E-state index in [0.29, 0.717) is 23.9 Å². The molecule has 142 valence electrons. The molecule has 6 nitrogen and oxygen atoms in total. The van der Waals surface area contributed by atoms with Crippen LogP contribution in [0.2, 0.25) is 0 Å². The molecule has 1 heterocycles. The minimum atomic E-state index is -0.393. The normalized spacial score (nSPS) is 15.3. The number of methoxy groups -OCH3 is 1. The smallest absolute Gasteiger partial charge is 0.308 e. The number of hydrogen-bond donors (Lipinski definition) is 0. The third kappa shape index (κ3) is 4.05. The fraction of sp³-hybridized carbons (Fsp3) is 0.333. The van der Waals surface area contributed by atoms with Crippen LogP contribution < -0.4 is 18.9 Å². The maximum Gasteiger partial charge on any atom is 0.308 e. The van der Waals surface area contributed by atoms with E-state index in [4.69, 9.17) is 18.9 Å². The average Bonchev–Trinajstić information content (AvgIpc) is 2.63. The number of carbonyl (C=O) groups excluding carboxylic acids is 2. The zero-order valence-corrected chi connectivity index (χ0v) is 15.8. The van der Waals surface area contributed by atoms with Crippen LogP contribution >= 0.6 is 0 Å². The van der Waals surface area contributed by atoms with E-state index < -0.39 is 5.97 Å². The van der Waals surface area contributed by atoms with Gasteiger partial charge in [0.15, 0.2) is 11.5 Å². The molecule has 0 amide bonds. The van der Waals surface area contributed by atoms with Crippen molar-refractivity contribution in [1.29, 1.82) is 0 Å². The van der Waals surface area contributed by atoms with Crippen molar-refractivity contribution in [2.45, 2.75) is 33.1 Å². The Kier molecular flexibility index (Phi) is 5.35. The van der Waals surface area contributed by atoms with Gasteiger partial charge in [-0.25, -0.2) is 0 Å². The molecule has 0 bridgehead atoms. The van der Waals surface area contributed by atoms with Gasteiger partial charge in [-0.15, -0.1) is 0 Å². The summed E-state index contributed by atoms with van der Waals surface area (Å²) in [4.78, 5) is 22.4. The van der Waals surface area contributed by atoms with E-state index >= 15 is 0 Å². The molecule has 0 saturated heterocycles. The molecule has 0 N–H and O–H groups in total. The first kappa shape index (κ1) is 18.8. The Bertz CT molecular complexity index is 886. The molecule has 1 atom stereocenters. The zero-order valence-electron chi connectivity index (χ0n) is 15.8. The maximum absolute atomic E-state index is 11.2. The molecule has 0 aromatic heterocycles. The van der Waals surface area contributed by atoms with Crippen molar-refractivity contribution in [2.24, 2.45) is 0 Å². The highest BCUT2D eigenvalue weighted by Gasteiger charge is 2.25. The lowest BCUT2D eigenvalue weighted by Crippen LogP contribution is -2.20. The fourth-order valence-electron chi connectivity index (χ4n) is 3.26. The topological polar surface area (TPSA) is 71.1 Å². The van der Waals surface area contributed by atoms with Crippen molar-refractivity contribution in [3.8, 4) is 23.0 Å². The van der Waals surface area contributed by atoms with Crippen LogP contribution in [0.1, 0.15) is 36.5 Å². The molecule has 1 unspecified atom stereocenters. The Morgan fingerprint density at radius 2 is 1.67 bits per heavy atom. The van der Waals surface area contributed by atoms with E-state index in [1.165, 1.54) is 13.8 Å². The molecular formula is C21H22O6. The number of fused-ring (bicyclic) bond motifs is 1. The van der Waals surface area contributed by atoms with Crippen molar-refractivity contribution >= 4 is 11.9 Å². The zero-order chi connectivity index (χ0) is 19.6. The van der Waals surface area contributed by atoms with Crippen LogP contribution in [0.25, 0.3) is 0 Å². The van der Waals surface area contributed by atoms with Crippen LogP contribution in [0, 0.1) is 6.92 Å². The minimum absolute atomic E-state index is 0.136. The van der Waals surface area contributed by atoms with Gasteiger partial charge in [0, 0.05) is 25.3 Å². The van der Waals surface area contributed by atoms with Gasteiger partial charge >= 0.3 is 11.9 Å². The molecule has 1 aliphatic heterocycles. The second-order valence-corrected chi connectivity index (χ2v) is 6.49. The van der Waals surface area contributed by atoms with Crippen molar-refractivity contribution < 1.29 is 28.5 Å². The van der Waals surface area contributed by atoms with Gasteiger partial charge in [-0.3, -0.25) is 9.59 Å². The van der Waals surface area contributed by atoms with Crippen LogP contribution in [0.5, 0.6) is 23.0 Å². The van der Waals surface area contributed by atoms with Crippen molar-refractivity contribution in [3.05, 3.63) is 47.0 Å². The van der Waals surface area contributed by atoms with E-state index in [2.05, 4.69) is 0 Å². The van der Waals surface area contributed by atoms with Crippen LogP contribution in [-0.4, -0.2) is 25.7 Å². The lowest BCUT2D eigenvalue weighted by atomic mass is 9.89. The summed E-state index contributed by atoms with van der Waals surface area (Å²) in [7, 11) is 1.54. The first-order chi connectivity index (χ1) is 12.9. The van der Waals surface area contributed by atoms with Gasteiger partial charge in [-0.2, -0.15) is 0 Å². The molecule has 0 radical (unpaired) electrons. The first-order valence-corrected chi connectivity index (χ1v) is 8.69. The number of carbonyl (C=O) groups is 2. The Hall–Kier alpha value is -3.02. The highest BCUT2D eigenvalue weighted by molar-refractivity contribution is 5.71. The fourth-order valence-corrected chi connectivity index (χ4v) is 3.26. The van der Waals surface area contributed by atoms with E-state index in [-0.39, 0.29) is 11.9 Å². The highest BCUT2D eigenvalue weighted by Crippen LogP contribution is 2.40. The van der Waals surface area contributed by atoms with Gasteiger partial charge < -0.3 is 18.9 Å². The molecule has 3 rings (SSSR count). The molecule has 6 heteroatoms. The largest absolute Gasteiger partial charge is 0.493 e. The summed E-state index contributed by atoms with van der Waals surface area (Å²) in [6.07, 6.45) is 0.784. The summed E-state index contributed by atoms with van der Waals surface area (Å²) in [5, 5.41) is 0. The van der Waals surface area contributed by atoms with Crippen LogP contribution in [-0.2, 0) is 16.0 Å². The second kappa shape index (κ2) is 7.70. The lowest BCUT2D eigenvalue weighted by Gasteiger charge is -2.28. The number of benzene rings is 2. The molecule has 0 spiro atoms. The molecule has 27 heavy (non-hydrogen) atoms. The van der Waals surface area contributed by atoms with Crippen LogP contribution in [0.4, 0.5) is 0 Å². The second-order valence-electron chi connectivity index (χ2n) is 6.49. The Morgan fingerprint density at radius 3 is 2.33 bits per heavy atom. The average molecular weight is 370 g/mol. The third-order valence-corrected chi connectivity index (χ3v) is 4.50. The molecule has 0 fully saturated rings. The van der Waals surface area contributed by atoms with Crippen LogP contribution in [0.15, 0.2) is 30.3 Å². The maximum atomic E-state index is 11.2. The van der Waals surface area contributed by atoms with E-state index in [9.17, 15) is 9.59 Å². The molecular weight excluding hydrogens is 348 g/mol. The third-order valence-electron chi connectivity index (χ3n) is 4.50. The van der Waals surface area contributed by atoms with Gasteiger partial charge in [0.2, 0.25) is 0 Å². The standard InChI is InChI=1S/C21H22O6/c1-12-18(26-13(2)22)7-6-16-9-17(11-25-21(12)16)15-5-8-19(27-14(3)23)20(10-15)24-4/h5-8,10,17H,9,11H2,1-4H3. The number of hydrogen-bond acceptors (Lipinski definition) is 6. The number of ether oxygens (including phenoxy) is 4. The summed E-state index contributed by atoms with van der Waals surface area (Å²) in [5.41, 5.74) is 2.92. The van der Waals surface area contributed by atoms with Gasteiger partial charge in [0.1, 0.15) is 11.5 Å². The van der Waals surface area contributed by atoms with Gasteiger partial charge in [-0.05, 0) is 42.7 Å². The van der Waals surface area contributed by atoms with E-state index in [0.717, 1.165) is 28.9 Å². The van der Waals surface area contributed by atoms with Crippen molar-refractivity contribution in [3.63, 3.8) is 0 Å². The van der Waals surface area contributed by atoms with Crippen molar-refractivity contribution in [2.75, 3.05) is 13.7 Å². The Labute approximate surface area is 158 Å². The Balaban J connectivity index is 1.85. The molecule has 0 saturated carbocycles. The molecule has 2 aromatic rings. The molecule has 0 aliphatic carbocycles. The lowest BCUT2D eigenvalue weighted by molar-refractivity contribution is -0.132. The summed E-state index contributed by atoms with van der Waals surface area (Å²) in [5.74, 6) is 1.58. The van der Waals surface area contributed by atoms with Gasteiger partial charge in [0.25, 0.3) is 0 Å². The SMILES string of the molecule is COc1cc(C2COc3c(ccc(OC(C)=O)c3C)C2)ccc1OC(C)=O. The van der Waals surface area contributed by atoms with E-state index in [1.807, 2.05) is 25.1 Å². The van der Waals surface area contributed by atoms with Crippen LogP contribution in [0.3, 0.4) is 0 Å². The monoisotopic (exact) mass is 370 g/mol. The number of rotatable bonds is 4. The number of esters is 2. The van der Waals surface area contributed by atoms with Gasteiger partial charge in [-0.1, -0.05) is 12.1 Å². The summed E-state index contributed by atoms with van der Waals surface area (Å²) in [6, 6.07) is 9.25. The molecule has 1 aliphatic rings. The van der Waals surface area contributed by atoms with E-state index in [1.54, 1.807) is 19.2 Å². The summed E-state index contributed by atoms with van der Waals surface area (Å²) >= 11 is 0. The quantitative estimate of drug-likeness (QED) is 0.605.